The number of nitrogens with one attached hydrogen (secondary N) is 1. The van der Waals surface area contributed by atoms with E-state index in [0.29, 0.717) is 0 Å². The first-order chi connectivity index (χ1) is 8.24. The number of rotatable bonds is 8. The van der Waals surface area contributed by atoms with Crippen LogP contribution in [0.3, 0.4) is 0 Å². The van der Waals surface area contributed by atoms with Crippen molar-refractivity contribution in [2.75, 3.05) is 6.54 Å². The zero-order valence-corrected chi connectivity index (χ0v) is 10.8. The topological polar surface area (TPSA) is 49.3 Å². The monoisotopic (exact) mass is 253 g/mol. The molecular formula is C13H19NO2S. The van der Waals surface area contributed by atoms with E-state index in [0.717, 1.165) is 23.9 Å². The lowest BCUT2D eigenvalue weighted by Gasteiger charge is -2.01. The summed E-state index contributed by atoms with van der Waals surface area (Å²) in [5.74, 6) is 0.261. The van der Waals surface area contributed by atoms with Crippen LogP contribution in [0.2, 0.25) is 0 Å². The van der Waals surface area contributed by atoms with Gasteiger partial charge in [0, 0.05) is 16.3 Å². The summed E-state index contributed by atoms with van der Waals surface area (Å²) in [6.45, 7) is 1.94. The van der Waals surface area contributed by atoms with E-state index in [1.807, 2.05) is 12.1 Å². The Morgan fingerprint density at radius 3 is 2.88 bits per heavy atom. The molecule has 1 saturated carbocycles. The molecule has 1 aromatic rings. The van der Waals surface area contributed by atoms with Crippen LogP contribution in [0.15, 0.2) is 12.1 Å². The summed E-state index contributed by atoms with van der Waals surface area (Å²) in [5.41, 5.74) is 0. The molecule has 1 aromatic heterocycles. The highest BCUT2D eigenvalue weighted by atomic mass is 32.1. The largest absolute Gasteiger partial charge is 0.481 e. The zero-order chi connectivity index (χ0) is 12.1. The minimum Gasteiger partial charge on any atom is -0.481 e. The van der Waals surface area contributed by atoms with Gasteiger partial charge >= 0.3 is 5.97 Å². The summed E-state index contributed by atoms with van der Waals surface area (Å²) in [6, 6.07) is 3.94. The molecule has 0 spiro atoms. The van der Waals surface area contributed by atoms with Crippen molar-refractivity contribution >= 4 is 17.3 Å². The molecule has 0 amide bonds. The maximum atomic E-state index is 10.5. The predicted molar refractivity (Wildman–Crippen MR) is 69.3 cm³/mol. The second kappa shape index (κ2) is 6.17. The Hall–Kier alpha value is -0.870. The second-order valence-corrected chi connectivity index (χ2v) is 5.95. The normalized spacial score (nSPS) is 15.1. The summed E-state index contributed by atoms with van der Waals surface area (Å²) < 4.78 is 0. The lowest BCUT2D eigenvalue weighted by Crippen LogP contribution is -2.13. The van der Waals surface area contributed by atoms with Gasteiger partial charge in [-0.2, -0.15) is 0 Å². The summed E-state index contributed by atoms with van der Waals surface area (Å²) in [5, 5.41) is 12.1. The fourth-order valence-electron chi connectivity index (χ4n) is 1.90. The summed E-state index contributed by atoms with van der Waals surface area (Å²) >= 11 is 1.59. The lowest BCUT2D eigenvalue weighted by molar-refractivity contribution is -0.136. The van der Waals surface area contributed by atoms with Crippen LogP contribution >= 0.6 is 11.3 Å². The highest BCUT2D eigenvalue weighted by Gasteiger charge is 2.19. The van der Waals surface area contributed by atoms with Gasteiger partial charge in [-0.25, -0.2) is 0 Å². The number of carboxylic acids is 1. The molecule has 0 radical (unpaired) electrons. The molecule has 1 fully saturated rings. The van der Waals surface area contributed by atoms with Crippen LogP contribution in [0, 0.1) is 5.92 Å². The van der Waals surface area contributed by atoms with Gasteiger partial charge in [0.1, 0.15) is 0 Å². The SMILES string of the molecule is O=C(O)Cc1ccc(CNCCCC2CC2)s1. The van der Waals surface area contributed by atoms with Crippen LogP contribution in [-0.4, -0.2) is 17.6 Å². The molecule has 1 aliphatic rings. The van der Waals surface area contributed by atoms with Crippen molar-refractivity contribution in [2.45, 2.75) is 38.6 Å². The number of aliphatic carboxylic acids is 1. The summed E-state index contributed by atoms with van der Waals surface area (Å²) in [7, 11) is 0. The van der Waals surface area contributed by atoms with E-state index in [9.17, 15) is 4.79 Å². The molecule has 2 N–H and O–H groups in total. The van der Waals surface area contributed by atoms with E-state index in [-0.39, 0.29) is 6.42 Å². The molecule has 3 nitrogen and oxygen atoms in total. The Bertz CT molecular complexity index is 371. The zero-order valence-electron chi connectivity index (χ0n) is 9.95. The number of thiophene rings is 1. The Labute approximate surface area is 106 Å². The van der Waals surface area contributed by atoms with Gasteiger partial charge in [-0.1, -0.05) is 12.8 Å². The Balaban J connectivity index is 1.60. The maximum Gasteiger partial charge on any atom is 0.308 e. The van der Waals surface area contributed by atoms with Gasteiger partial charge < -0.3 is 10.4 Å². The van der Waals surface area contributed by atoms with Gasteiger partial charge in [0.25, 0.3) is 0 Å². The maximum absolute atomic E-state index is 10.5. The second-order valence-electron chi connectivity index (χ2n) is 4.70. The molecule has 0 atom stereocenters. The number of carboxylic acid groups (broad SMARTS) is 1. The van der Waals surface area contributed by atoms with Crippen molar-refractivity contribution in [2.24, 2.45) is 5.92 Å². The molecule has 1 heterocycles. The first-order valence-corrected chi connectivity index (χ1v) is 7.06. The van der Waals surface area contributed by atoms with Gasteiger partial charge in [-0.3, -0.25) is 4.79 Å². The highest BCUT2D eigenvalue weighted by Crippen LogP contribution is 2.33. The highest BCUT2D eigenvalue weighted by molar-refractivity contribution is 7.12. The van der Waals surface area contributed by atoms with Crippen LogP contribution in [0.5, 0.6) is 0 Å². The van der Waals surface area contributed by atoms with Gasteiger partial charge in [-0.05, 0) is 37.4 Å². The van der Waals surface area contributed by atoms with Crippen LogP contribution in [0.4, 0.5) is 0 Å². The molecule has 94 valence electrons. The molecule has 2 rings (SSSR count). The van der Waals surface area contributed by atoms with E-state index < -0.39 is 5.97 Å². The summed E-state index contributed by atoms with van der Waals surface area (Å²) in [6.07, 6.45) is 5.64. The number of carbonyl (C=O) groups is 1. The van der Waals surface area contributed by atoms with Crippen molar-refractivity contribution in [1.82, 2.24) is 5.32 Å². The minimum absolute atomic E-state index is 0.145. The molecular weight excluding hydrogens is 234 g/mol. The van der Waals surface area contributed by atoms with Crippen molar-refractivity contribution in [3.8, 4) is 0 Å². The lowest BCUT2D eigenvalue weighted by atomic mass is 10.2. The van der Waals surface area contributed by atoms with Gasteiger partial charge in [-0.15, -0.1) is 11.3 Å². The van der Waals surface area contributed by atoms with Gasteiger partial charge in [0.05, 0.1) is 6.42 Å². The Kier molecular flexibility index (Phi) is 4.57. The molecule has 0 aliphatic heterocycles. The average Bonchev–Trinajstić information content (AvgIpc) is 2.99. The van der Waals surface area contributed by atoms with Crippen molar-refractivity contribution in [1.29, 1.82) is 0 Å². The van der Waals surface area contributed by atoms with E-state index >= 15 is 0 Å². The Morgan fingerprint density at radius 1 is 1.41 bits per heavy atom. The number of hydrogen-bond acceptors (Lipinski definition) is 3. The smallest absolute Gasteiger partial charge is 0.308 e. The van der Waals surface area contributed by atoms with Gasteiger partial charge in [0.15, 0.2) is 0 Å². The van der Waals surface area contributed by atoms with Crippen LogP contribution in [0.1, 0.15) is 35.4 Å². The quantitative estimate of drug-likeness (QED) is 0.700. The third-order valence-corrected chi connectivity index (χ3v) is 4.09. The third-order valence-electron chi connectivity index (χ3n) is 3.00. The fraction of sp³-hybridized carbons (Fsp3) is 0.615. The van der Waals surface area contributed by atoms with Gasteiger partial charge in [0.2, 0.25) is 0 Å². The number of hydrogen-bond donors (Lipinski definition) is 2. The molecule has 0 unspecified atom stereocenters. The minimum atomic E-state index is -0.754. The Morgan fingerprint density at radius 2 is 2.18 bits per heavy atom. The van der Waals surface area contributed by atoms with Crippen LogP contribution in [0.25, 0.3) is 0 Å². The van der Waals surface area contributed by atoms with Crippen LogP contribution < -0.4 is 5.32 Å². The first-order valence-electron chi connectivity index (χ1n) is 6.24. The van der Waals surface area contributed by atoms with Crippen molar-refractivity contribution in [3.05, 3.63) is 21.9 Å². The standard InChI is InChI=1S/C13H19NO2S/c15-13(16)8-11-5-6-12(17-11)9-14-7-1-2-10-3-4-10/h5-6,10,14H,1-4,7-9H2,(H,15,16). The molecule has 0 bridgehead atoms. The summed E-state index contributed by atoms with van der Waals surface area (Å²) in [4.78, 5) is 12.7. The van der Waals surface area contributed by atoms with Crippen molar-refractivity contribution < 1.29 is 9.90 Å². The first kappa shape index (κ1) is 12.6. The van der Waals surface area contributed by atoms with Crippen molar-refractivity contribution in [3.63, 3.8) is 0 Å². The fourth-order valence-corrected chi connectivity index (χ4v) is 2.87. The molecule has 17 heavy (non-hydrogen) atoms. The predicted octanol–water partition coefficient (Wildman–Crippen LogP) is 2.66. The third kappa shape index (κ3) is 4.88. The van der Waals surface area contributed by atoms with E-state index in [1.54, 1.807) is 11.3 Å². The average molecular weight is 253 g/mol. The molecule has 0 aromatic carbocycles. The van der Waals surface area contributed by atoms with E-state index in [4.69, 9.17) is 5.11 Å². The van der Waals surface area contributed by atoms with Crippen LogP contribution in [-0.2, 0) is 17.8 Å². The van der Waals surface area contributed by atoms with E-state index in [1.165, 1.54) is 30.6 Å². The molecule has 0 saturated heterocycles. The molecule has 1 aliphatic carbocycles. The van der Waals surface area contributed by atoms with E-state index in [2.05, 4.69) is 5.32 Å². The molecule has 4 heteroatoms.